The molecular formula is C19H20O3S. The summed E-state index contributed by atoms with van der Waals surface area (Å²) in [5, 5.41) is 0. The van der Waals surface area contributed by atoms with Gasteiger partial charge in [-0.2, -0.15) is 0 Å². The lowest BCUT2D eigenvalue weighted by atomic mass is 9.97. The molecule has 23 heavy (non-hydrogen) atoms. The van der Waals surface area contributed by atoms with Gasteiger partial charge in [0.15, 0.2) is 9.84 Å². The van der Waals surface area contributed by atoms with Gasteiger partial charge in [-0.3, -0.25) is 0 Å². The van der Waals surface area contributed by atoms with E-state index in [4.69, 9.17) is 4.74 Å². The molecule has 0 amide bonds. The molecule has 0 saturated carbocycles. The van der Waals surface area contributed by atoms with Crippen molar-refractivity contribution < 1.29 is 13.2 Å². The van der Waals surface area contributed by atoms with Gasteiger partial charge in [0.2, 0.25) is 0 Å². The van der Waals surface area contributed by atoms with Gasteiger partial charge in [-0.15, -0.1) is 0 Å². The fraction of sp³-hybridized carbons (Fsp3) is 0.263. The van der Waals surface area contributed by atoms with Gasteiger partial charge < -0.3 is 4.74 Å². The monoisotopic (exact) mass is 328 g/mol. The van der Waals surface area contributed by atoms with E-state index in [0.29, 0.717) is 4.90 Å². The van der Waals surface area contributed by atoms with Crippen molar-refractivity contribution in [3.63, 3.8) is 0 Å². The first-order valence-corrected chi connectivity index (χ1v) is 9.55. The summed E-state index contributed by atoms with van der Waals surface area (Å²) in [6.07, 6.45) is 4.41. The van der Waals surface area contributed by atoms with Gasteiger partial charge in [0.1, 0.15) is 5.75 Å². The molecular weight excluding hydrogens is 308 g/mol. The van der Waals surface area contributed by atoms with Gasteiger partial charge >= 0.3 is 0 Å². The van der Waals surface area contributed by atoms with E-state index < -0.39 is 9.84 Å². The van der Waals surface area contributed by atoms with Gasteiger partial charge in [0, 0.05) is 6.26 Å². The summed E-state index contributed by atoms with van der Waals surface area (Å²) in [5.41, 5.74) is 4.92. The number of allylic oxidation sites excluding steroid dienone is 2. The number of methoxy groups -OCH3 is 1. The standard InChI is InChI=1S/C19H20O3S/c1-22-16-6-3-5-15(13-16)19-8-4-7-18(19)14-9-11-17(12-10-14)23(2,20)21/h3,5-6,9-13H,4,7-8H2,1-2H3. The quantitative estimate of drug-likeness (QED) is 0.845. The summed E-state index contributed by atoms with van der Waals surface area (Å²) in [5.74, 6) is 0.855. The Morgan fingerprint density at radius 2 is 1.57 bits per heavy atom. The minimum atomic E-state index is -3.15. The molecule has 1 aliphatic rings. The second kappa shape index (κ2) is 6.20. The maximum absolute atomic E-state index is 11.6. The molecule has 0 aliphatic heterocycles. The first-order chi connectivity index (χ1) is 11.0. The van der Waals surface area contributed by atoms with Gasteiger partial charge in [-0.1, -0.05) is 24.3 Å². The number of ether oxygens (including phenoxy) is 1. The highest BCUT2D eigenvalue weighted by Gasteiger charge is 2.18. The Bertz CT molecular complexity index is 846. The molecule has 0 bridgehead atoms. The van der Waals surface area contributed by atoms with Crippen molar-refractivity contribution in [2.75, 3.05) is 13.4 Å². The molecule has 120 valence electrons. The molecule has 4 heteroatoms. The van der Waals surface area contributed by atoms with Crippen LogP contribution in [0.5, 0.6) is 5.75 Å². The normalized spacial score (nSPS) is 15.0. The molecule has 0 radical (unpaired) electrons. The molecule has 0 heterocycles. The van der Waals surface area contributed by atoms with Crippen molar-refractivity contribution in [1.29, 1.82) is 0 Å². The predicted molar refractivity (Wildman–Crippen MR) is 93.2 cm³/mol. The van der Waals surface area contributed by atoms with Crippen molar-refractivity contribution in [3.05, 3.63) is 59.7 Å². The molecule has 3 nitrogen and oxygen atoms in total. The zero-order valence-corrected chi connectivity index (χ0v) is 14.2. The Kier molecular flexibility index (Phi) is 4.26. The number of benzene rings is 2. The third-order valence-electron chi connectivity index (χ3n) is 4.27. The second-order valence-electron chi connectivity index (χ2n) is 5.84. The van der Waals surface area contributed by atoms with Crippen LogP contribution in [-0.2, 0) is 9.84 Å². The fourth-order valence-electron chi connectivity index (χ4n) is 3.09. The Balaban J connectivity index is 2.02. The highest BCUT2D eigenvalue weighted by atomic mass is 32.2. The number of hydrogen-bond acceptors (Lipinski definition) is 3. The molecule has 0 N–H and O–H groups in total. The predicted octanol–water partition coefficient (Wildman–Crippen LogP) is 4.19. The van der Waals surface area contributed by atoms with Gasteiger partial charge in [0.25, 0.3) is 0 Å². The van der Waals surface area contributed by atoms with Crippen LogP contribution in [0.3, 0.4) is 0 Å². The fourth-order valence-corrected chi connectivity index (χ4v) is 3.73. The first-order valence-electron chi connectivity index (χ1n) is 7.66. The molecule has 2 aromatic rings. The third kappa shape index (κ3) is 3.32. The van der Waals surface area contributed by atoms with Crippen molar-refractivity contribution in [3.8, 4) is 5.75 Å². The van der Waals surface area contributed by atoms with Crippen LogP contribution in [0.15, 0.2) is 53.4 Å². The second-order valence-corrected chi connectivity index (χ2v) is 7.85. The van der Waals surface area contributed by atoms with E-state index in [1.165, 1.54) is 23.0 Å². The van der Waals surface area contributed by atoms with E-state index in [2.05, 4.69) is 12.1 Å². The summed E-state index contributed by atoms with van der Waals surface area (Å²) in [4.78, 5) is 0.364. The van der Waals surface area contributed by atoms with E-state index in [1.807, 2.05) is 24.3 Å². The molecule has 0 spiro atoms. The minimum Gasteiger partial charge on any atom is -0.497 e. The summed E-state index contributed by atoms with van der Waals surface area (Å²) in [6.45, 7) is 0. The lowest BCUT2D eigenvalue weighted by molar-refractivity contribution is 0.414. The summed E-state index contributed by atoms with van der Waals surface area (Å²) in [7, 11) is -1.48. The van der Waals surface area contributed by atoms with Crippen LogP contribution >= 0.6 is 0 Å². The van der Waals surface area contributed by atoms with Crippen LogP contribution in [0.25, 0.3) is 11.1 Å². The average Bonchev–Trinajstić information content (AvgIpc) is 3.04. The highest BCUT2D eigenvalue weighted by Crippen LogP contribution is 2.40. The van der Waals surface area contributed by atoms with E-state index in [1.54, 1.807) is 19.2 Å². The number of sulfone groups is 1. The topological polar surface area (TPSA) is 43.4 Å². The third-order valence-corrected chi connectivity index (χ3v) is 5.40. The van der Waals surface area contributed by atoms with Crippen LogP contribution in [0, 0.1) is 0 Å². The zero-order valence-electron chi connectivity index (χ0n) is 13.4. The molecule has 0 unspecified atom stereocenters. The Morgan fingerprint density at radius 3 is 2.17 bits per heavy atom. The highest BCUT2D eigenvalue weighted by molar-refractivity contribution is 7.90. The van der Waals surface area contributed by atoms with E-state index in [9.17, 15) is 8.42 Å². The zero-order chi connectivity index (χ0) is 16.4. The lowest BCUT2D eigenvalue weighted by Crippen LogP contribution is -1.97. The SMILES string of the molecule is COc1cccc(C2=C(c3ccc(S(C)(=O)=O)cc3)CCC2)c1. The molecule has 0 fully saturated rings. The molecule has 0 atom stereocenters. The van der Waals surface area contributed by atoms with E-state index in [0.717, 1.165) is 30.6 Å². The van der Waals surface area contributed by atoms with Gasteiger partial charge in [-0.05, 0) is 65.8 Å². The van der Waals surface area contributed by atoms with Crippen LogP contribution in [0.1, 0.15) is 30.4 Å². The van der Waals surface area contributed by atoms with Crippen molar-refractivity contribution >= 4 is 21.0 Å². The van der Waals surface area contributed by atoms with Crippen LogP contribution in [0.4, 0.5) is 0 Å². The van der Waals surface area contributed by atoms with E-state index >= 15 is 0 Å². The molecule has 3 rings (SSSR count). The number of rotatable bonds is 4. The molecule has 1 aliphatic carbocycles. The first kappa shape index (κ1) is 15.8. The van der Waals surface area contributed by atoms with Crippen molar-refractivity contribution in [2.24, 2.45) is 0 Å². The smallest absolute Gasteiger partial charge is 0.175 e. The number of hydrogen-bond donors (Lipinski definition) is 0. The Labute approximate surface area is 137 Å². The Morgan fingerprint density at radius 1 is 0.913 bits per heavy atom. The van der Waals surface area contributed by atoms with Crippen LogP contribution in [-0.4, -0.2) is 21.8 Å². The van der Waals surface area contributed by atoms with Crippen LogP contribution in [0.2, 0.25) is 0 Å². The average molecular weight is 328 g/mol. The van der Waals surface area contributed by atoms with Gasteiger partial charge in [0.05, 0.1) is 12.0 Å². The lowest BCUT2D eigenvalue weighted by Gasteiger charge is -2.10. The largest absolute Gasteiger partial charge is 0.497 e. The van der Waals surface area contributed by atoms with Crippen LogP contribution < -0.4 is 4.74 Å². The Hall–Kier alpha value is -2.07. The minimum absolute atomic E-state index is 0.364. The summed E-state index contributed by atoms with van der Waals surface area (Å²) < 4.78 is 28.5. The maximum Gasteiger partial charge on any atom is 0.175 e. The van der Waals surface area contributed by atoms with Crippen molar-refractivity contribution in [2.45, 2.75) is 24.2 Å². The van der Waals surface area contributed by atoms with E-state index in [-0.39, 0.29) is 0 Å². The maximum atomic E-state index is 11.6. The van der Waals surface area contributed by atoms with Gasteiger partial charge in [-0.25, -0.2) is 8.42 Å². The summed E-state index contributed by atoms with van der Waals surface area (Å²) in [6, 6.07) is 15.3. The summed E-state index contributed by atoms with van der Waals surface area (Å²) >= 11 is 0. The molecule has 0 saturated heterocycles. The molecule has 0 aromatic heterocycles. The van der Waals surface area contributed by atoms with Crippen molar-refractivity contribution in [1.82, 2.24) is 0 Å². The molecule has 2 aromatic carbocycles.